The normalized spacial score (nSPS) is 23.2. The van der Waals surface area contributed by atoms with Gasteiger partial charge >= 0.3 is 0 Å². The Labute approximate surface area is 144 Å². The number of benzene rings is 1. The van der Waals surface area contributed by atoms with Gasteiger partial charge in [0.05, 0.1) is 23.4 Å². The van der Waals surface area contributed by atoms with Gasteiger partial charge in [-0.1, -0.05) is 6.07 Å². The maximum atomic E-state index is 10.0. The Morgan fingerprint density at radius 3 is 2.88 bits per heavy atom. The van der Waals surface area contributed by atoms with Crippen molar-refractivity contribution in [3.63, 3.8) is 0 Å². The first kappa shape index (κ1) is 15.8. The predicted octanol–water partition coefficient (Wildman–Crippen LogP) is 1.55. The molecule has 0 saturated heterocycles. The molecule has 2 heterocycles. The van der Waals surface area contributed by atoms with Crippen LogP contribution in [0.3, 0.4) is 0 Å². The van der Waals surface area contributed by atoms with Crippen LogP contribution in [0.25, 0.3) is 22.2 Å². The van der Waals surface area contributed by atoms with Crippen LogP contribution in [0.4, 0.5) is 11.8 Å². The third-order valence-electron chi connectivity index (χ3n) is 4.64. The second kappa shape index (κ2) is 6.30. The average Bonchev–Trinajstić information content (AvgIpc) is 3.23. The zero-order valence-corrected chi connectivity index (χ0v) is 13.8. The highest BCUT2D eigenvalue weighted by atomic mass is 16.5. The van der Waals surface area contributed by atoms with Gasteiger partial charge in [0.15, 0.2) is 0 Å². The van der Waals surface area contributed by atoms with Gasteiger partial charge in [-0.25, -0.2) is 4.98 Å². The molecule has 25 heavy (non-hydrogen) atoms. The van der Waals surface area contributed by atoms with Crippen molar-refractivity contribution in [1.29, 1.82) is 0 Å². The lowest BCUT2D eigenvalue weighted by Crippen LogP contribution is -2.20. The number of nitrogens with one attached hydrogen (secondary N) is 2. The highest BCUT2D eigenvalue weighted by Crippen LogP contribution is 2.30. The summed E-state index contributed by atoms with van der Waals surface area (Å²) in [5.74, 6) is 0.881. The predicted molar refractivity (Wildman–Crippen MR) is 95.0 cm³/mol. The van der Waals surface area contributed by atoms with Gasteiger partial charge in [0.2, 0.25) is 5.95 Å². The van der Waals surface area contributed by atoms with Gasteiger partial charge in [-0.15, -0.1) is 0 Å². The van der Waals surface area contributed by atoms with E-state index in [2.05, 4.69) is 25.5 Å². The fourth-order valence-corrected chi connectivity index (χ4v) is 3.38. The summed E-state index contributed by atoms with van der Waals surface area (Å²) in [4.78, 5) is 8.69. The lowest BCUT2D eigenvalue weighted by atomic mass is 10.1. The Morgan fingerprint density at radius 1 is 1.28 bits per heavy atom. The molecule has 5 N–H and O–H groups in total. The second-order valence-corrected chi connectivity index (χ2v) is 6.29. The molecule has 1 aliphatic carbocycles. The largest absolute Gasteiger partial charge is 0.390 e. The van der Waals surface area contributed by atoms with Crippen LogP contribution in [0, 0.1) is 0 Å². The first-order valence-electron chi connectivity index (χ1n) is 8.18. The standard InChI is InChI=1S/C17H20N6O2/c1-25-15-8-10(7-14(15)24)20-16-11-3-2-9(12-4-5-19-23-12)6-13(11)21-17(18)22-16/h2-6,10,14-15,24H,7-8H2,1H3,(H,19,23)(H3,18,20,21,22). The number of hydrogen-bond donors (Lipinski definition) is 4. The number of aliphatic hydroxyl groups excluding tert-OH is 1. The fraction of sp³-hybridized carbons (Fsp3) is 0.353. The van der Waals surface area contributed by atoms with Gasteiger partial charge in [0, 0.05) is 30.3 Å². The van der Waals surface area contributed by atoms with Crippen LogP contribution in [0.5, 0.6) is 0 Å². The Bertz CT molecular complexity index is 882. The van der Waals surface area contributed by atoms with Crippen LogP contribution in [0.2, 0.25) is 0 Å². The Morgan fingerprint density at radius 2 is 2.16 bits per heavy atom. The smallest absolute Gasteiger partial charge is 0.222 e. The van der Waals surface area contributed by atoms with Gasteiger partial charge in [-0.05, 0) is 31.0 Å². The van der Waals surface area contributed by atoms with Gasteiger partial charge in [0.25, 0.3) is 0 Å². The average molecular weight is 340 g/mol. The highest BCUT2D eigenvalue weighted by molar-refractivity contribution is 5.92. The molecule has 130 valence electrons. The van der Waals surface area contributed by atoms with E-state index in [9.17, 15) is 5.11 Å². The summed E-state index contributed by atoms with van der Waals surface area (Å²) in [5, 5.41) is 21.2. The number of nitrogens with two attached hydrogens (primary N) is 1. The number of nitrogens with zero attached hydrogens (tertiary/aromatic N) is 3. The number of fused-ring (bicyclic) bond motifs is 1. The molecule has 8 heteroatoms. The molecule has 2 aromatic heterocycles. The molecule has 4 rings (SSSR count). The van der Waals surface area contributed by atoms with Crippen molar-refractivity contribution < 1.29 is 9.84 Å². The van der Waals surface area contributed by atoms with Crippen LogP contribution >= 0.6 is 0 Å². The molecule has 3 aromatic rings. The number of anilines is 2. The second-order valence-electron chi connectivity index (χ2n) is 6.29. The minimum Gasteiger partial charge on any atom is -0.390 e. The summed E-state index contributed by atoms with van der Waals surface area (Å²) in [6, 6.07) is 7.88. The van der Waals surface area contributed by atoms with Gasteiger partial charge < -0.3 is 20.9 Å². The number of ether oxygens (including phenoxy) is 1. The van der Waals surface area contributed by atoms with E-state index >= 15 is 0 Å². The first-order chi connectivity index (χ1) is 12.1. The van der Waals surface area contributed by atoms with E-state index in [1.54, 1.807) is 13.3 Å². The number of rotatable bonds is 4. The van der Waals surface area contributed by atoms with Crippen molar-refractivity contribution in [2.45, 2.75) is 31.1 Å². The number of aromatic nitrogens is 4. The molecular formula is C17H20N6O2. The molecular weight excluding hydrogens is 320 g/mol. The number of aliphatic hydroxyl groups is 1. The number of aromatic amines is 1. The van der Waals surface area contributed by atoms with E-state index in [1.807, 2.05) is 24.3 Å². The molecule has 0 amide bonds. The van der Waals surface area contributed by atoms with E-state index in [-0.39, 0.29) is 18.1 Å². The van der Waals surface area contributed by atoms with E-state index in [0.29, 0.717) is 12.2 Å². The highest BCUT2D eigenvalue weighted by Gasteiger charge is 2.33. The van der Waals surface area contributed by atoms with E-state index in [1.165, 1.54) is 0 Å². The van der Waals surface area contributed by atoms with Crippen molar-refractivity contribution >= 4 is 22.7 Å². The van der Waals surface area contributed by atoms with Crippen molar-refractivity contribution in [3.05, 3.63) is 30.5 Å². The van der Waals surface area contributed by atoms with Crippen LogP contribution < -0.4 is 11.1 Å². The molecule has 0 radical (unpaired) electrons. The molecule has 1 aliphatic rings. The minimum atomic E-state index is -0.472. The van der Waals surface area contributed by atoms with E-state index in [0.717, 1.165) is 28.6 Å². The van der Waals surface area contributed by atoms with E-state index in [4.69, 9.17) is 10.5 Å². The van der Waals surface area contributed by atoms with Gasteiger partial charge in [0.1, 0.15) is 5.82 Å². The number of hydrogen-bond acceptors (Lipinski definition) is 7. The maximum Gasteiger partial charge on any atom is 0.222 e. The summed E-state index contributed by atoms with van der Waals surface area (Å²) in [6.45, 7) is 0. The summed E-state index contributed by atoms with van der Waals surface area (Å²) in [5.41, 5.74) is 8.53. The number of nitrogen functional groups attached to an aromatic ring is 1. The molecule has 3 unspecified atom stereocenters. The lowest BCUT2D eigenvalue weighted by molar-refractivity contribution is 0.00982. The molecule has 0 bridgehead atoms. The first-order valence-corrected chi connectivity index (χ1v) is 8.18. The molecule has 8 nitrogen and oxygen atoms in total. The van der Waals surface area contributed by atoms with Crippen molar-refractivity contribution in [3.8, 4) is 11.3 Å². The van der Waals surface area contributed by atoms with Crippen LogP contribution in [0.1, 0.15) is 12.8 Å². The number of H-pyrrole nitrogens is 1. The quantitative estimate of drug-likeness (QED) is 0.568. The Kier molecular flexibility index (Phi) is 3.98. The fourth-order valence-electron chi connectivity index (χ4n) is 3.38. The summed E-state index contributed by atoms with van der Waals surface area (Å²) >= 11 is 0. The zero-order chi connectivity index (χ0) is 17.4. The van der Waals surface area contributed by atoms with Crippen molar-refractivity contribution in [2.75, 3.05) is 18.2 Å². The van der Waals surface area contributed by atoms with Crippen molar-refractivity contribution in [1.82, 2.24) is 20.2 Å². The molecule has 0 spiro atoms. The third-order valence-corrected chi connectivity index (χ3v) is 4.64. The minimum absolute atomic E-state index is 0.0738. The topological polar surface area (TPSA) is 122 Å². The third kappa shape index (κ3) is 3.01. The monoisotopic (exact) mass is 340 g/mol. The Hall–Kier alpha value is -2.71. The summed E-state index contributed by atoms with van der Waals surface area (Å²) in [7, 11) is 1.62. The summed E-state index contributed by atoms with van der Waals surface area (Å²) in [6.07, 6.45) is 2.40. The van der Waals surface area contributed by atoms with Gasteiger partial charge in [-0.3, -0.25) is 5.10 Å². The molecule has 3 atom stereocenters. The number of methoxy groups -OCH3 is 1. The lowest BCUT2D eigenvalue weighted by Gasteiger charge is -2.15. The molecule has 1 fully saturated rings. The molecule has 1 saturated carbocycles. The van der Waals surface area contributed by atoms with Crippen LogP contribution in [-0.4, -0.2) is 50.6 Å². The summed E-state index contributed by atoms with van der Waals surface area (Å²) < 4.78 is 5.30. The molecule has 1 aromatic carbocycles. The SMILES string of the molecule is COC1CC(Nc2nc(N)nc3cc(-c4ccn[nH]4)ccc23)CC1O. The zero-order valence-electron chi connectivity index (χ0n) is 13.8. The van der Waals surface area contributed by atoms with Crippen LogP contribution in [0.15, 0.2) is 30.5 Å². The van der Waals surface area contributed by atoms with Gasteiger partial charge in [-0.2, -0.15) is 10.1 Å². The molecule has 0 aliphatic heterocycles. The van der Waals surface area contributed by atoms with Crippen molar-refractivity contribution in [2.24, 2.45) is 0 Å². The Balaban J connectivity index is 1.67. The maximum absolute atomic E-state index is 10.0. The van der Waals surface area contributed by atoms with E-state index < -0.39 is 6.10 Å². The van der Waals surface area contributed by atoms with Crippen LogP contribution in [-0.2, 0) is 4.74 Å².